The summed E-state index contributed by atoms with van der Waals surface area (Å²) in [5.74, 6) is -0.833. The van der Waals surface area contributed by atoms with Crippen LogP contribution in [0.15, 0.2) is 56.2 Å². The number of hydrogen-bond acceptors (Lipinski definition) is 5. The van der Waals surface area contributed by atoms with Crippen LogP contribution in [0.4, 0.5) is 0 Å². The highest BCUT2D eigenvalue weighted by molar-refractivity contribution is 5.62. The molecule has 0 unspecified atom stereocenters. The minimum absolute atomic E-state index is 0.833. The van der Waals surface area contributed by atoms with Gasteiger partial charge in [-0.05, 0) is 0 Å². The Morgan fingerprint density at radius 3 is 0.925 bits per heavy atom. The zero-order chi connectivity index (χ0) is 38.7. The van der Waals surface area contributed by atoms with E-state index in [1.807, 2.05) is 0 Å². The van der Waals surface area contributed by atoms with Crippen LogP contribution in [0.1, 0.15) is 6.92 Å². The first-order valence-electron chi connectivity index (χ1n) is 19.7. The van der Waals surface area contributed by atoms with E-state index in [9.17, 15) is 0 Å². The number of aliphatic carboxylic acids is 1. The summed E-state index contributed by atoms with van der Waals surface area (Å²) in [6, 6.07) is 0. The second kappa shape index (κ2) is 28.2. The van der Waals surface area contributed by atoms with Crippen LogP contribution in [0.5, 0.6) is 0 Å². The van der Waals surface area contributed by atoms with Crippen molar-refractivity contribution in [3.05, 3.63) is 56.2 Å². The van der Waals surface area contributed by atoms with Gasteiger partial charge in [0.05, 0.1) is 39.3 Å². The zero-order valence-electron chi connectivity index (χ0n) is 33.2. The SMILES string of the molecule is CC(=O)O.[NH3+]CCN(CC[NH3+])CCn1cc[n+](CCN(CC[n+]2ccn(CCN(CC[NH3+])CC[NH3+])c2)CC[n+]2ccn(CCN(CC[NH3+])CC[NH3+])c2)c1. The molecule has 18 nitrogen and oxygen atoms in total. The first-order chi connectivity index (χ1) is 25.7. The maximum absolute atomic E-state index is 9.00. The first-order valence-corrected chi connectivity index (χ1v) is 19.7. The minimum Gasteiger partial charge on any atom is -0.481 e. The second-order valence-corrected chi connectivity index (χ2v) is 13.7. The molecular formula is C35H79N16O2+9. The van der Waals surface area contributed by atoms with Crippen molar-refractivity contribution in [2.75, 3.05) is 118 Å². The number of carbonyl (C=O) groups is 1. The quantitative estimate of drug-likeness (QED) is 0.0326. The van der Waals surface area contributed by atoms with Crippen molar-refractivity contribution in [2.24, 2.45) is 0 Å². The molecule has 3 heterocycles. The molecule has 3 aromatic heterocycles. The van der Waals surface area contributed by atoms with Gasteiger partial charge in [-0.2, -0.15) is 0 Å². The van der Waals surface area contributed by atoms with Gasteiger partial charge in [0.1, 0.15) is 76.4 Å². The average molecular weight is 756 g/mol. The van der Waals surface area contributed by atoms with Crippen LogP contribution in [-0.4, -0.2) is 162 Å². The molecule has 0 bridgehead atoms. The molecule has 0 aliphatic heterocycles. The van der Waals surface area contributed by atoms with Crippen molar-refractivity contribution >= 4 is 5.97 Å². The molecular weight excluding hydrogens is 676 g/mol. The Bertz CT molecular complexity index is 1160. The molecule has 3 rings (SSSR count). The molecule has 0 saturated heterocycles. The van der Waals surface area contributed by atoms with E-state index in [1.165, 1.54) is 0 Å². The molecule has 302 valence electrons. The third kappa shape index (κ3) is 20.7. The summed E-state index contributed by atoms with van der Waals surface area (Å²) < 4.78 is 13.9. The smallest absolute Gasteiger partial charge is 0.300 e. The van der Waals surface area contributed by atoms with Gasteiger partial charge in [-0.1, -0.05) is 0 Å². The number of hydrogen-bond donors (Lipinski definition) is 7. The molecule has 3 aromatic rings. The van der Waals surface area contributed by atoms with Crippen LogP contribution in [0.2, 0.25) is 0 Å². The summed E-state index contributed by atoms with van der Waals surface area (Å²) in [5.41, 5.74) is 24.2. The Morgan fingerprint density at radius 1 is 0.472 bits per heavy atom. The van der Waals surface area contributed by atoms with E-state index >= 15 is 0 Å². The lowest BCUT2D eigenvalue weighted by Crippen LogP contribution is -2.59. The Morgan fingerprint density at radius 2 is 0.698 bits per heavy atom. The fourth-order valence-corrected chi connectivity index (χ4v) is 6.33. The molecule has 0 amide bonds. The third-order valence-corrected chi connectivity index (χ3v) is 9.13. The van der Waals surface area contributed by atoms with Crippen molar-refractivity contribution in [1.82, 2.24) is 33.3 Å². The van der Waals surface area contributed by atoms with E-state index < -0.39 is 5.97 Å². The summed E-state index contributed by atoms with van der Waals surface area (Å²) >= 11 is 0. The van der Waals surface area contributed by atoms with Crippen LogP contribution < -0.4 is 48.1 Å². The summed E-state index contributed by atoms with van der Waals surface area (Å²) in [6.07, 6.45) is 20.0. The van der Waals surface area contributed by atoms with Crippen molar-refractivity contribution in [2.45, 2.75) is 46.2 Å². The molecule has 0 aromatic carbocycles. The van der Waals surface area contributed by atoms with Crippen LogP contribution in [-0.2, 0) is 44.1 Å². The van der Waals surface area contributed by atoms with E-state index in [0.717, 1.165) is 164 Å². The summed E-state index contributed by atoms with van der Waals surface area (Å²) in [7, 11) is 0. The summed E-state index contributed by atoms with van der Waals surface area (Å²) in [6.45, 7) is 24.9. The number of aromatic nitrogens is 6. The molecule has 0 saturated carbocycles. The Hall–Kier alpha value is -3.30. The molecule has 18 heteroatoms. The number of carboxylic acid groups (broad SMARTS) is 1. The molecule has 0 aliphatic rings. The van der Waals surface area contributed by atoms with Gasteiger partial charge in [0.15, 0.2) is 0 Å². The lowest BCUT2D eigenvalue weighted by molar-refractivity contribution is -0.705. The Balaban J connectivity index is 0.00000231. The third-order valence-electron chi connectivity index (χ3n) is 9.13. The monoisotopic (exact) mass is 756 g/mol. The average Bonchev–Trinajstić information content (AvgIpc) is 3.90. The predicted octanol–water partition coefficient (Wildman–Crippen LogP) is -8.90. The van der Waals surface area contributed by atoms with Gasteiger partial charge < -0.3 is 39.5 Å². The molecule has 53 heavy (non-hydrogen) atoms. The topological polar surface area (TPSA) is 243 Å². The highest BCUT2D eigenvalue weighted by Gasteiger charge is 2.15. The largest absolute Gasteiger partial charge is 0.481 e. The van der Waals surface area contributed by atoms with Crippen molar-refractivity contribution in [3.8, 4) is 0 Å². The fraction of sp³-hybridized carbons (Fsp3) is 0.714. The molecule has 0 radical (unpaired) electrons. The standard InChI is InChI=1S/C33H69N16.C2H4O2/c34-1-7-40(8-2-35)13-19-44-25-28-47(31-44)22-16-43(17-23-48-29-26-45(32-48)20-14-41(9-3-36)10-4-37)18-24-49-30-27-46(33-49)21-15-42(11-5-38)12-6-39;1-2(3)4/h25-33H,1-24,34-39H2;1H3,(H,3,4)/q+3;/p+6. The van der Waals surface area contributed by atoms with Gasteiger partial charge in [-0.25, -0.2) is 27.4 Å². The second-order valence-electron chi connectivity index (χ2n) is 13.7. The van der Waals surface area contributed by atoms with Crippen LogP contribution in [0.25, 0.3) is 0 Å². The number of carboxylic acids is 1. The molecule has 0 aliphatic carbocycles. The van der Waals surface area contributed by atoms with E-state index in [0.29, 0.717) is 0 Å². The van der Waals surface area contributed by atoms with Crippen LogP contribution >= 0.6 is 0 Å². The van der Waals surface area contributed by atoms with Gasteiger partial charge >= 0.3 is 0 Å². The number of nitrogens with zero attached hydrogens (tertiary/aromatic N) is 10. The minimum atomic E-state index is -0.833. The Kier molecular flexibility index (Phi) is 24.4. The van der Waals surface area contributed by atoms with Crippen molar-refractivity contribution in [1.29, 1.82) is 0 Å². The van der Waals surface area contributed by atoms with Gasteiger partial charge in [-0.15, -0.1) is 0 Å². The predicted molar refractivity (Wildman–Crippen MR) is 199 cm³/mol. The van der Waals surface area contributed by atoms with Crippen molar-refractivity contribution in [3.63, 3.8) is 0 Å². The van der Waals surface area contributed by atoms with Gasteiger partial charge in [0.25, 0.3) is 5.97 Å². The lowest BCUT2D eigenvalue weighted by Gasteiger charge is -2.19. The highest BCUT2D eigenvalue weighted by atomic mass is 16.4. The van der Waals surface area contributed by atoms with Gasteiger partial charge in [0.2, 0.25) is 19.0 Å². The van der Waals surface area contributed by atoms with Gasteiger partial charge in [0, 0.05) is 85.5 Å². The number of rotatable bonds is 30. The maximum atomic E-state index is 9.00. The fourth-order valence-electron chi connectivity index (χ4n) is 6.33. The zero-order valence-corrected chi connectivity index (χ0v) is 33.2. The van der Waals surface area contributed by atoms with E-state index in [4.69, 9.17) is 9.90 Å². The molecule has 0 spiro atoms. The number of quaternary nitrogens is 6. The summed E-state index contributed by atoms with van der Waals surface area (Å²) in [4.78, 5) is 19.0. The molecule has 0 fully saturated rings. The normalized spacial score (nSPS) is 11.7. The summed E-state index contributed by atoms with van der Waals surface area (Å²) in [5, 5.41) is 7.42. The molecule has 0 atom stereocenters. The number of imidazole rings is 3. The van der Waals surface area contributed by atoms with E-state index in [-0.39, 0.29) is 0 Å². The molecule has 19 N–H and O–H groups in total. The lowest BCUT2D eigenvalue weighted by atomic mass is 10.4. The van der Waals surface area contributed by atoms with Crippen molar-refractivity contribution < 1.29 is 58.0 Å². The van der Waals surface area contributed by atoms with Gasteiger partial charge in [-0.3, -0.25) is 24.4 Å². The van der Waals surface area contributed by atoms with Crippen LogP contribution in [0.3, 0.4) is 0 Å². The van der Waals surface area contributed by atoms with E-state index in [1.54, 1.807) is 0 Å². The maximum Gasteiger partial charge on any atom is 0.300 e. The highest BCUT2D eigenvalue weighted by Crippen LogP contribution is 1.96. The first kappa shape index (κ1) is 45.9. The Labute approximate surface area is 317 Å². The van der Waals surface area contributed by atoms with E-state index in [2.05, 4.69) is 138 Å². The van der Waals surface area contributed by atoms with Crippen LogP contribution in [0, 0.1) is 0 Å².